The first-order valence-electron chi connectivity index (χ1n) is 6.45. The third kappa shape index (κ3) is 4.19. The highest BCUT2D eigenvalue weighted by molar-refractivity contribution is 5.69. The summed E-state index contributed by atoms with van der Waals surface area (Å²) in [7, 11) is 1.68. The Hall–Kier alpha value is -1.28. The summed E-state index contributed by atoms with van der Waals surface area (Å²) in [5.74, 6) is 1.35. The van der Waals surface area contributed by atoms with E-state index in [1.165, 1.54) is 5.56 Å². The van der Waals surface area contributed by atoms with E-state index in [0.717, 1.165) is 23.3 Å². The summed E-state index contributed by atoms with van der Waals surface area (Å²) < 4.78 is 5.39. The van der Waals surface area contributed by atoms with E-state index >= 15 is 0 Å². The van der Waals surface area contributed by atoms with Crippen molar-refractivity contribution in [2.24, 2.45) is 5.92 Å². The molecule has 0 radical (unpaired) electrons. The molecular formula is C16H24O2. The zero-order chi connectivity index (χ0) is 13.7. The van der Waals surface area contributed by atoms with E-state index in [-0.39, 0.29) is 0 Å². The fraction of sp³-hybridized carbons (Fsp3) is 0.500. The Morgan fingerprint density at radius 1 is 1.39 bits per heavy atom. The van der Waals surface area contributed by atoms with Crippen LogP contribution < -0.4 is 4.74 Å². The summed E-state index contributed by atoms with van der Waals surface area (Å²) in [6.45, 7) is 8.27. The van der Waals surface area contributed by atoms with Crippen molar-refractivity contribution in [3.05, 3.63) is 35.4 Å². The number of ether oxygens (including phenoxy) is 1. The molecule has 0 aromatic heterocycles. The first kappa shape index (κ1) is 14.8. The zero-order valence-corrected chi connectivity index (χ0v) is 12.0. The molecule has 0 fully saturated rings. The zero-order valence-electron chi connectivity index (χ0n) is 12.0. The van der Waals surface area contributed by atoms with Gasteiger partial charge < -0.3 is 9.84 Å². The predicted octanol–water partition coefficient (Wildman–Crippen LogP) is 3.81. The van der Waals surface area contributed by atoms with E-state index in [9.17, 15) is 5.11 Å². The number of aryl methyl sites for hydroxylation is 1. The molecule has 1 aromatic rings. The van der Waals surface area contributed by atoms with Gasteiger partial charge in [0.15, 0.2) is 0 Å². The summed E-state index contributed by atoms with van der Waals surface area (Å²) in [5.41, 5.74) is 3.28. The van der Waals surface area contributed by atoms with Gasteiger partial charge in [0.2, 0.25) is 0 Å². The van der Waals surface area contributed by atoms with E-state index in [1.807, 2.05) is 32.1 Å². The third-order valence-corrected chi connectivity index (χ3v) is 2.94. The molecular weight excluding hydrogens is 224 g/mol. The number of hydrogen-bond donors (Lipinski definition) is 1. The van der Waals surface area contributed by atoms with Crippen LogP contribution in [0.15, 0.2) is 24.3 Å². The Bertz CT molecular complexity index is 419. The fourth-order valence-corrected chi connectivity index (χ4v) is 2.05. The number of rotatable bonds is 5. The van der Waals surface area contributed by atoms with Crippen molar-refractivity contribution in [2.75, 3.05) is 7.11 Å². The van der Waals surface area contributed by atoms with Crippen LogP contribution in [0, 0.1) is 12.8 Å². The average Bonchev–Trinajstić information content (AvgIpc) is 2.27. The Balaban J connectivity index is 2.95. The van der Waals surface area contributed by atoms with E-state index < -0.39 is 6.10 Å². The van der Waals surface area contributed by atoms with Gasteiger partial charge >= 0.3 is 0 Å². The van der Waals surface area contributed by atoms with Crippen LogP contribution in [0.1, 0.15) is 38.3 Å². The second-order valence-electron chi connectivity index (χ2n) is 5.25. The van der Waals surface area contributed by atoms with Gasteiger partial charge in [-0.1, -0.05) is 32.1 Å². The first-order valence-corrected chi connectivity index (χ1v) is 6.45. The van der Waals surface area contributed by atoms with Gasteiger partial charge in [0.1, 0.15) is 5.75 Å². The van der Waals surface area contributed by atoms with E-state index in [2.05, 4.69) is 19.9 Å². The minimum Gasteiger partial charge on any atom is -0.496 e. The van der Waals surface area contributed by atoms with Gasteiger partial charge in [-0.2, -0.15) is 0 Å². The van der Waals surface area contributed by atoms with Crippen molar-refractivity contribution >= 4 is 5.57 Å². The van der Waals surface area contributed by atoms with E-state index in [4.69, 9.17) is 4.74 Å². The second kappa shape index (κ2) is 6.60. The van der Waals surface area contributed by atoms with Gasteiger partial charge in [-0.3, -0.25) is 0 Å². The molecule has 0 saturated heterocycles. The van der Waals surface area contributed by atoms with Crippen LogP contribution in [0.4, 0.5) is 0 Å². The SMILES string of the molecule is COc1cc(C)ccc1C(C)=CC(O)CC(C)C. The van der Waals surface area contributed by atoms with Crippen LogP contribution in [0.3, 0.4) is 0 Å². The minimum absolute atomic E-state index is 0.393. The van der Waals surface area contributed by atoms with Crippen LogP contribution in [-0.4, -0.2) is 18.3 Å². The highest BCUT2D eigenvalue weighted by atomic mass is 16.5. The molecule has 18 heavy (non-hydrogen) atoms. The largest absolute Gasteiger partial charge is 0.496 e. The number of benzene rings is 1. The molecule has 1 atom stereocenters. The molecule has 100 valence electrons. The number of aliphatic hydroxyl groups excluding tert-OH is 1. The molecule has 2 heteroatoms. The maximum Gasteiger partial charge on any atom is 0.126 e. The Morgan fingerprint density at radius 3 is 2.61 bits per heavy atom. The summed E-state index contributed by atoms with van der Waals surface area (Å²) >= 11 is 0. The first-order chi connectivity index (χ1) is 8.43. The van der Waals surface area contributed by atoms with Crippen LogP contribution >= 0.6 is 0 Å². The van der Waals surface area contributed by atoms with Gasteiger partial charge in [0, 0.05) is 5.56 Å². The molecule has 1 unspecified atom stereocenters. The van der Waals surface area contributed by atoms with Crippen molar-refractivity contribution in [3.63, 3.8) is 0 Å². The van der Waals surface area contributed by atoms with Gasteiger partial charge in [-0.05, 0) is 43.4 Å². The van der Waals surface area contributed by atoms with Gasteiger partial charge in [-0.15, -0.1) is 0 Å². The molecule has 0 amide bonds. The quantitative estimate of drug-likeness (QED) is 0.858. The van der Waals surface area contributed by atoms with Crippen molar-refractivity contribution in [2.45, 2.75) is 40.2 Å². The molecule has 0 spiro atoms. The lowest BCUT2D eigenvalue weighted by atomic mass is 9.99. The highest BCUT2D eigenvalue weighted by Crippen LogP contribution is 2.27. The molecule has 1 N–H and O–H groups in total. The maximum absolute atomic E-state index is 9.95. The molecule has 2 nitrogen and oxygen atoms in total. The normalized spacial score (nSPS) is 13.8. The Morgan fingerprint density at radius 2 is 2.06 bits per heavy atom. The van der Waals surface area contributed by atoms with Crippen molar-refractivity contribution in [3.8, 4) is 5.75 Å². The highest BCUT2D eigenvalue weighted by Gasteiger charge is 2.08. The molecule has 0 heterocycles. The van der Waals surface area contributed by atoms with E-state index in [1.54, 1.807) is 7.11 Å². The van der Waals surface area contributed by atoms with Crippen LogP contribution in [0.25, 0.3) is 5.57 Å². The lowest BCUT2D eigenvalue weighted by Crippen LogP contribution is -2.07. The lowest BCUT2D eigenvalue weighted by molar-refractivity contribution is 0.195. The second-order valence-corrected chi connectivity index (χ2v) is 5.25. The smallest absolute Gasteiger partial charge is 0.126 e. The van der Waals surface area contributed by atoms with Crippen LogP contribution in [0.5, 0.6) is 5.75 Å². The van der Waals surface area contributed by atoms with Crippen molar-refractivity contribution in [1.29, 1.82) is 0 Å². The molecule has 1 rings (SSSR count). The third-order valence-electron chi connectivity index (χ3n) is 2.94. The van der Waals surface area contributed by atoms with Crippen LogP contribution in [0.2, 0.25) is 0 Å². The Labute approximate surface area is 110 Å². The molecule has 0 aliphatic carbocycles. The monoisotopic (exact) mass is 248 g/mol. The van der Waals surface area contributed by atoms with Gasteiger partial charge in [0.05, 0.1) is 13.2 Å². The van der Waals surface area contributed by atoms with Crippen molar-refractivity contribution < 1.29 is 9.84 Å². The minimum atomic E-state index is -0.393. The average molecular weight is 248 g/mol. The van der Waals surface area contributed by atoms with Gasteiger partial charge in [-0.25, -0.2) is 0 Å². The predicted molar refractivity (Wildman–Crippen MR) is 76.8 cm³/mol. The van der Waals surface area contributed by atoms with E-state index in [0.29, 0.717) is 5.92 Å². The van der Waals surface area contributed by atoms with Gasteiger partial charge in [0.25, 0.3) is 0 Å². The Kier molecular flexibility index (Phi) is 5.42. The number of hydrogen-bond acceptors (Lipinski definition) is 2. The standard InChI is InChI=1S/C16H24O2/c1-11(2)8-14(17)10-13(4)15-7-6-12(3)9-16(15)18-5/h6-7,9-11,14,17H,8H2,1-5H3. The molecule has 0 aliphatic rings. The summed E-state index contributed by atoms with van der Waals surface area (Å²) in [5, 5.41) is 9.95. The summed E-state index contributed by atoms with van der Waals surface area (Å²) in [6, 6.07) is 6.12. The summed E-state index contributed by atoms with van der Waals surface area (Å²) in [4.78, 5) is 0. The van der Waals surface area contributed by atoms with Crippen molar-refractivity contribution in [1.82, 2.24) is 0 Å². The molecule has 1 aromatic carbocycles. The molecule has 0 aliphatic heterocycles. The van der Waals surface area contributed by atoms with Crippen LogP contribution in [-0.2, 0) is 0 Å². The fourth-order valence-electron chi connectivity index (χ4n) is 2.05. The number of methoxy groups -OCH3 is 1. The summed E-state index contributed by atoms with van der Waals surface area (Å²) in [6.07, 6.45) is 2.30. The molecule has 0 saturated carbocycles. The number of aliphatic hydroxyl groups is 1. The lowest BCUT2D eigenvalue weighted by Gasteiger charge is -2.13. The maximum atomic E-state index is 9.95. The number of allylic oxidation sites excluding steroid dienone is 1. The molecule has 0 bridgehead atoms. The topological polar surface area (TPSA) is 29.5 Å².